The standard InChI is InChI=1S/C15H18N2O2/c1-13(18)7-8-16-9-11-17(12-10-16)15(19)14-5-3-2-4-6-14/h2-8H,9-12H2,1H3. The SMILES string of the molecule is CC(=O)C=CN1CCN(C(=O)c2ccccc2)CC1. The lowest BCUT2D eigenvalue weighted by molar-refractivity contribution is -0.112. The fraction of sp³-hybridized carbons (Fsp3) is 0.333. The van der Waals surface area contributed by atoms with E-state index in [4.69, 9.17) is 0 Å². The molecule has 0 bridgehead atoms. The van der Waals surface area contributed by atoms with E-state index in [1.54, 1.807) is 6.08 Å². The molecule has 0 saturated carbocycles. The zero-order valence-corrected chi connectivity index (χ0v) is 11.1. The molecule has 1 aromatic rings. The van der Waals surface area contributed by atoms with Crippen molar-refractivity contribution >= 4 is 11.7 Å². The van der Waals surface area contributed by atoms with Crippen LogP contribution in [0.1, 0.15) is 17.3 Å². The summed E-state index contributed by atoms with van der Waals surface area (Å²) in [6.07, 6.45) is 3.38. The van der Waals surface area contributed by atoms with Gasteiger partial charge in [0.15, 0.2) is 5.78 Å². The molecule has 0 atom stereocenters. The Bertz CT molecular complexity index is 474. The van der Waals surface area contributed by atoms with Gasteiger partial charge < -0.3 is 9.80 Å². The van der Waals surface area contributed by atoms with Crippen molar-refractivity contribution in [1.29, 1.82) is 0 Å². The molecule has 0 radical (unpaired) electrons. The van der Waals surface area contributed by atoms with Crippen molar-refractivity contribution in [1.82, 2.24) is 9.80 Å². The van der Waals surface area contributed by atoms with E-state index in [-0.39, 0.29) is 11.7 Å². The molecule has 0 aliphatic carbocycles. The Morgan fingerprint density at radius 1 is 1.05 bits per heavy atom. The molecule has 0 N–H and O–H groups in total. The fourth-order valence-corrected chi connectivity index (χ4v) is 2.05. The number of benzene rings is 1. The average molecular weight is 258 g/mol. The van der Waals surface area contributed by atoms with Crippen LogP contribution in [0.5, 0.6) is 0 Å². The molecule has 1 aliphatic heterocycles. The quantitative estimate of drug-likeness (QED) is 0.772. The second-order valence-electron chi connectivity index (χ2n) is 4.62. The maximum Gasteiger partial charge on any atom is 0.253 e. The van der Waals surface area contributed by atoms with Crippen LogP contribution >= 0.6 is 0 Å². The van der Waals surface area contributed by atoms with Crippen LogP contribution in [0.25, 0.3) is 0 Å². The Hall–Kier alpha value is -2.10. The summed E-state index contributed by atoms with van der Waals surface area (Å²) in [5, 5.41) is 0. The van der Waals surface area contributed by atoms with Gasteiger partial charge in [-0.25, -0.2) is 0 Å². The Morgan fingerprint density at radius 2 is 1.68 bits per heavy atom. The van der Waals surface area contributed by atoms with Crippen molar-refractivity contribution in [2.75, 3.05) is 26.2 Å². The van der Waals surface area contributed by atoms with Crippen LogP contribution in [0.3, 0.4) is 0 Å². The minimum absolute atomic E-state index is 0.0443. The maximum absolute atomic E-state index is 12.2. The number of piperazine rings is 1. The minimum Gasteiger partial charge on any atom is -0.374 e. The molecule has 1 aromatic carbocycles. The lowest BCUT2D eigenvalue weighted by Crippen LogP contribution is -2.46. The molecule has 1 heterocycles. The summed E-state index contributed by atoms with van der Waals surface area (Å²) in [6.45, 7) is 4.45. The van der Waals surface area contributed by atoms with Gasteiger partial charge in [-0.15, -0.1) is 0 Å². The van der Waals surface area contributed by atoms with Gasteiger partial charge in [0.1, 0.15) is 0 Å². The summed E-state index contributed by atoms with van der Waals surface area (Å²) in [7, 11) is 0. The average Bonchev–Trinajstić information content (AvgIpc) is 2.46. The summed E-state index contributed by atoms with van der Waals surface area (Å²) in [5.74, 6) is 0.124. The first-order valence-corrected chi connectivity index (χ1v) is 6.44. The highest BCUT2D eigenvalue weighted by atomic mass is 16.2. The minimum atomic E-state index is 0.0443. The van der Waals surface area contributed by atoms with Gasteiger partial charge in [-0.2, -0.15) is 0 Å². The molecular formula is C15H18N2O2. The number of carbonyl (C=O) groups excluding carboxylic acids is 2. The molecule has 19 heavy (non-hydrogen) atoms. The van der Waals surface area contributed by atoms with Gasteiger partial charge in [-0.1, -0.05) is 18.2 Å². The van der Waals surface area contributed by atoms with Crippen molar-refractivity contribution in [2.24, 2.45) is 0 Å². The third-order valence-electron chi connectivity index (χ3n) is 3.14. The normalized spacial score (nSPS) is 15.8. The van der Waals surface area contributed by atoms with E-state index in [1.807, 2.05) is 41.4 Å². The van der Waals surface area contributed by atoms with Crippen LogP contribution in [0.4, 0.5) is 0 Å². The van der Waals surface area contributed by atoms with Crippen molar-refractivity contribution < 1.29 is 9.59 Å². The van der Waals surface area contributed by atoms with Gasteiger partial charge in [-0.3, -0.25) is 9.59 Å². The molecule has 0 unspecified atom stereocenters. The van der Waals surface area contributed by atoms with E-state index in [2.05, 4.69) is 4.90 Å². The van der Waals surface area contributed by atoms with Crippen molar-refractivity contribution in [3.63, 3.8) is 0 Å². The van der Waals surface area contributed by atoms with Gasteiger partial charge in [0.2, 0.25) is 0 Å². The summed E-state index contributed by atoms with van der Waals surface area (Å²) < 4.78 is 0. The number of hydrogen-bond acceptors (Lipinski definition) is 3. The number of nitrogens with zero attached hydrogens (tertiary/aromatic N) is 2. The van der Waals surface area contributed by atoms with Gasteiger partial charge in [0, 0.05) is 37.9 Å². The van der Waals surface area contributed by atoms with Crippen LogP contribution in [0, 0.1) is 0 Å². The molecule has 1 amide bonds. The van der Waals surface area contributed by atoms with Crippen LogP contribution in [-0.2, 0) is 4.79 Å². The molecule has 1 aliphatic rings. The highest BCUT2D eigenvalue weighted by Gasteiger charge is 2.20. The molecule has 1 fully saturated rings. The Balaban J connectivity index is 1.90. The number of carbonyl (C=O) groups is 2. The summed E-state index contributed by atoms with van der Waals surface area (Å²) in [5.41, 5.74) is 0.732. The van der Waals surface area contributed by atoms with Crippen molar-refractivity contribution in [2.45, 2.75) is 6.92 Å². The summed E-state index contributed by atoms with van der Waals surface area (Å²) in [4.78, 5) is 27.0. The first-order valence-electron chi connectivity index (χ1n) is 6.44. The number of rotatable bonds is 3. The molecule has 1 saturated heterocycles. The van der Waals surface area contributed by atoms with Crippen LogP contribution < -0.4 is 0 Å². The second kappa shape index (κ2) is 6.18. The Kier molecular flexibility index (Phi) is 4.34. The molecule has 0 aromatic heterocycles. The van der Waals surface area contributed by atoms with Crippen molar-refractivity contribution in [3.8, 4) is 0 Å². The molecule has 4 heteroatoms. The van der Waals surface area contributed by atoms with E-state index >= 15 is 0 Å². The van der Waals surface area contributed by atoms with Crippen LogP contribution in [-0.4, -0.2) is 47.7 Å². The number of hydrogen-bond donors (Lipinski definition) is 0. The van der Waals surface area contributed by atoms with E-state index in [9.17, 15) is 9.59 Å². The van der Waals surface area contributed by atoms with E-state index in [0.717, 1.165) is 18.7 Å². The van der Waals surface area contributed by atoms with Crippen LogP contribution in [0.2, 0.25) is 0 Å². The number of ketones is 1. The second-order valence-corrected chi connectivity index (χ2v) is 4.62. The van der Waals surface area contributed by atoms with Gasteiger partial charge >= 0.3 is 0 Å². The highest BCUT2D eigenvalue weighted by Crippen LogP contribution is 2.08. The summed E-state index contributed by atoms with van der Waals surface area (Å²) >= 11 is 0. The first kappa shape index (κ1) is 13.3. The first-order chi connectivity index (χ1) is 9.16. The lowest BCUT2D eigenvalue weighted by atomic mass is 10.2. The third kappa shape index (κ3) is 3.68. The number of allylic oxidation sites excluding steroid dienone is 1. The third-order valence-corrected chi connectivity index (χ3v) is 3.14. The molecule has 100 valence electrons. The van der Waals surface area contributed by atoms with E-state index in [1.165, 1.54) is 6.92 Å². The van der Waals surface area contributed by atoms with Gasteiger partial charge in [0.05, 0.1) is 0 Å². The van der Waals surface area contributed by atoms with Crippen LogP contribution in [0.15, 0.2) is 42.6 Å². The maximum atomic E-state index is 12.2. The van der Waals surface area contributed by atoms with Gasteiger partial charge in [-0.05, 0) is 25.1 Å². The number of amides is 1. The van der Waals surface area contributed by atoms with E-state index < -0.39 is 0 Å². The molecule has 2 rings (SSSR count). The predicted molar refractivity (Wildman–Crippen MR) is 73.7 cm³/mol. The fourth-order valence-electron chi connectivity index (χ4n) is 2.05. The Morgan fingerprint density at radius 3 is 2.26 bits per heavy atom. The molecule has 0 spiro atoms. The molecule has 4 nitrogen and oxygen atoms in total. The molecular weight excluding hydrogens is 240 g/mol. The predicted octanol–water partition coefficient (Wildman–Crippen LogP) is 1.55. The van der Waals surface area contributed by atoms with Gasteiger partial charge in [0.25, 0.3) is 5.91 Å². The largest absolute Gasteiger partial charge is 0.374 e. The zero-order chi connectivity index (χ0) is 13.7. The Labute approximate surface area is 113 Å². The summed E-state index contributed by atoms with van der Waals surface area (Å²) in [6, 6.07) is 9.33. The monoisotopic (exact) mass is 258 g/mol. The highest BCUT2D eigenvalue weighted by molar-refractivity contribution is 5.94. The van der Waals surface area contributed by atoms with E-state index in [0.29, 0.717) is 13.1 Å². The zero-order valence-electron chi connectivity index (χ0n) is 11.1. The van der Waals surface area contributed by atoms with Crippen molar-refractivity contribution in [3.05, 3.63) is 48.2 Å². The topological polar surface area (TPSA) is 40.6 Å². The smallest absolute Gasteiger partial charge is 0.253 e. The lowest BCUT2D eigenvalue weighted by Gasteiger charge is -2.34.